The fourth-order valence-corrected chi connectivity index (χ4v) is 2.22. The number of anilines is 2. The highest BCUT2D eigenvalue weighted by atomic mass is 32.2. The van der Waals surface area contributed by atoms with Gasteiger partial charge in [-0.15, -0.1) is 0 Å². The van der Waals surface area contributed by atoms with Gasteiger partial charge in [0, 0.05) is 0 Å². The van der Waals surface area contributed by atoms with Crippen molar-refractivity contribution in [1.29, 1.82) is 0 Å². The van der Waals surface area contributed by atoms with Gasteiger partial charge in [0.2, 0.25) is 5.91 Å². The summed E-state index contributed by atoms with van der Waals surface area (Å²) in [5.74, 6) is 0.701. The zero-order chi connectivity index (χ0) is 11.5. The van der Waals surface area contributed by atoms with Crippen LogP contribution in [0.5, 0.6) is 0 Å². The minimum absolute atomic E-state index is 0.143. The molecular weight excluding hydrogens is 224 g/mol. The Kier molecular flexibility index (Phi) is 3.36. The molecule has 1 aliphatic heterocycles. The molecule has 1 amide bonds. The van der Waals surface area contributed by atoms with Crippen LogP contribution in [-0.4, -0.2) is 29.2 Å². The van der Waals surface area contributed by atoms with Crippen molar-refractivity contribution >= 4 is 29.0 Å². The number of fused-ring (bicyclic) bond motifs is 1. The summed E-state index contributed by atoms with van der Waals surface area (Å²) in [6, 6.07) is 6.75. The van der Waals surface area contributed by atoms with E-state index in [1.165, 1.54) is 0 Å². The quantitative estimate of drug-likeness (QED) is 0.845. The Hall–Kier alpha value is -1.20. The van der Waals surface area contributed by atoms with E-state index >= 15 is 0 Å². The minimum atomic E-state index is -0.484. The van der Waals surface area contributed by atoms with Crippen LogP contribution < -0.4 is 10.4 Å². The Morgan fingerprint density at radius 1 is 1.50 bits per heavy atom. The Morgan fingerprint density at radius 2 is 2.25 bits per heavy atom. The molecule has 1 unspecified atom stereocenters. The molecule has 2 N–H and O–H groups in total. The third kappa shape index (κ3) is 2.01. The fraction of sp³-hybridized carbons (Fsp3) is 0.364. The van der Waals surface area contributed by atoms with Crippen LogP contribution >= 0.6 is 11.8 Å². The molecule has 1 heterocycles. The normalized spacial score (nSPS) is 19.2. The molecule has 1 atom stereocenters. The van der Waals surface area contributed by atoms with Crippen molar-refractivity contribution in [2.24, 2.45) is 0 Å². The highest BCUT2D eigenvalue weighted by Gasteiger charge is 2.31. The SMILES string of the molecule is CSCCC1C(=O)Nc2ccccc2N1O. The van der Waals surface area contributed by atoms with E-state index in [0.717, 1.165) is 10.8 Å². The van der Waals surface area contributed by atoms with Crippen molar-refractivity contribution in [2.45, 2.75) is 12.5 Å². The summed E-state index contributed by atoms with van der Waals surface area (Å²) in [6.07, 6.45) is 2.62. The van der Waals surface area contributed by atoms with Crippen molar-refractivity contribution in [1.82, 2.24) is 0 Å². The van der Waals surface area contributed by atoms with Crippen LogP contribution in [0.2, 0.25) is 0 Å². The van der Waals surface area contributed by atoms with Crippen molar-refractivity contribution in [3.05, 3.63) is 24.3 Å². The smallest absolute Gasteiger partial charge is 0.249 e. The molecule has 0 aromatic heterocycles. The topological polar surface area (TPSA) is 52.6 Å². The molecule has 1 aliphatic rings. The van der Waals surface area contributed by atoms with E-state index in [1.807, 2.05) is 18.4 Å². The molecule has 1 aromatic rings. The van der Waals surface area contributed by atoms with Crippen LogP contribution in [0.25, 0.3) is 0 Å². The van der Waals surface area contributed by atoms with Gasteiger partial charge in [-0.3, -0.25) is 10.0 Å². The van der Waals surface area contributed by atoms with E-state index in [2.05, 4.69) is 5.32 Å². The van der Waals surface area contributed by atoms with Gasteiger partial charge < -0.3 is 5.32 Å². The molecule has 0 spiro atoms. The molecule has 86 valence electrons. The summed E-state index contributed by atoms with van der Waals surface area (Å²) in [6.45, 7) is 0. The summed E-state index contributed by atoms with van der Waals surface area (Å²) in [7, 11) is 0. The third-order valence-electron chi connectivity index (χ3n) is 2.60. The summed E-state index contributed by atoms with van der Waals surface area (Å²) >= 11 is 1.66. The zero-order valence-corrected chi connectivity index (χ0v) is 9.83. The average molecular weight is 238 g/mol. The number of benzene rings is 1. The van der Waals surface area contributed by atoms with Gasteiger partial charge in [-0.05, 0) is 30.6 Å². The number of carbonyl (C=O) groups is 1. The number of hydrogen-bond donors (Lipinski definition) is 2. The van der Waals surface area contributed by atoms with E-state index in [1.54, 1.807) is 23.9 Å². The zero-order valence-electron chi connectivity index (χ0n) is 9.01. The van der Waals surface area contributed by atoms with Crippen LogP contribution in [0.1, 0.15) is 6.42 Å². The largest absolute Gasteiger partial charge is 0.322 e. The number of nitrogens with zero attached hydrogens (tertiary/aromatic N) is 1. The first-order valence-corrected chi connectivity index (χ1v) is 6.50. The predicted octanol–water partition coefficient (Wildman–Crippen LogP) is 1.96. The van der Waals surface area contributed by atoms with Crippen LogP contribution in [0.4, 0.5) is 11.4 Å². The third-order valence-corrected chi connectivity index (χ3v) is 3.25. The minimum Gasteiger partial charge on any atom is -0.322 e. The molecular formula is C11H14N2O2S. The van der Waals surface area contributed by atoms with Crippen LogP contribution in [0.3, 0.4) is 0 Å². The lowest BCUT2D eigenvalue weighted by Gasteiger charge is -2.32. The number of hydroxylamine groups is 1. The number of para-hydroxylation sites is 2. The van der Waals surface area contributed by atoms with Gasteiger partial charge in [0.1, 0.15) is 6.04 Å². The van der Waals surface area contributed by atoms with E-state index in [9.17, 15) is 10.0 Å². The molecule has 4 nitrogen and oxygen atoms in total. The van der Waals surface area contributed by atoms with Crippen molar-refractivity contribution in [2.75, 3.05) is 22.4 Å². The number of nitrogens with one attached hydrogen (secondary N) is 1. The van der Waals surface area contributed by atoms with E-state index < -0.39 is 6.04 Å². The molecule has 5 heteroatoms. The highest BCUT2D eigenvalue weighted by molar-refractivity contribution is 7.98. The number of hydrogen-bond acceptors (Lipinski definition) is 4. The van der Waals surface area contributed by atoms with Crippen LogP contribution in [-0.2, 0) is 4.79 Å². The predicted molar refractivity (Wildman–Crippen MR) is 66.1 cm³/mol. The average Bonchev–Trinajstić information content (AvgIpc) is 2.29. The number of thioether (sulfide) groups is 1. The summed E-state index contributed by atoms with van der Waals surface area (Å²) in [5, 5.41) is 13.9. The first kappa shape index (κ1) is 11.3. The second-order valence-electron chi connectivity index (χ2n) is 3.65. The maximum absolute atomic E-state index is 11.8. The summed E-state index contributed by atoms with van der Waals surface area (Å²) in [5.41, 5.74) is 1.32. The van der Waals surface area contributed by atoms with Gasteiger partial charge in [0.05, 0.1) is 11.4 Å². The molecule has 0 saturated heterocycles. The lowest BCUT2D eigenvalue weighted by Crippen LogP contribution is -2.46. The maximum Gasteiger partial charge on any atom is 0.249 e. The van der Waals surface area contributed by atoms with Crippen molar-refractivity contribution in [3.8, 4) is 0 Å². The van der Waals surface area contributed by atoms with E-state index in [0.29, 0.717) is 17.8 Å². The van der Waals surface area contributed by atoms with Crippen molar-refractivity contribution < 1.29 is 10.0 Å². The molecule has 0 radical (unpaired) electrons. The van der Waals surface area contributed by atoms with Gasteiger partial charge in [0.25, 0.3) is 0 Å². The van der Waals surface area contributed by atoms with Gasteiger partial charge in [0.15, 0.2) is 0 Å². The van der Waals surface area contributed by atoms with Crippen molar-refractivity contribution in [3.63, 3.8) is 0 Å². The van der Waals surface area contributed by atoms with Crippen LogP contribution in [0, 0.1) is 0 Å². The first-order valence-electron chi connectivity index (χ1n) is 5.11. The standard InChI is InChI=1S/C11H14N2O2S/c1-16-7-6-10-11(14)12-8-4-2-3-5-9(8)13(10)15/h2-5,10,15H,6-7H2,1H3,(H,12,14). The molecule has 0 bridgehead atoms. The fourth-order valence-electron chi connectivity index (χ4n) is 1.76. The Morgan fingerprint density at radius 3 is 3.00 bits per heavy atom. The van der Waals surface area contributed by atoms with Gasteiger partial charge in [-0.2, -0.15) is 11.8 Å². The van der Waals surface area contributed by atoms with Gasteiger partial charge in [-0.1, -0.05) is 12.1 Å². The van der Waals surface area contributed by atoms with E-state index in [4.69, 9.17) is 0 Å². The number of carbonyl (C=O) groups excluding carboxylic acids is 1. The lowest BCUT2D eigenvalue weighted by molar-refractivity contribution is -0.119. The molecule has 0 fully saturated rings. The first-order chi connectivity index (χ1) is 7.74. The second-order valence-corrected chi connectivity index (χ2v) is 4.63. The van der Waals surface area contributed by atoms with Crippen LogP contribution in [0.15, 0.2) is 24.3 Å². The molecule has 0 saturated carbocycles. The molecule has 0 aliphatic carbocycles. The van der Waals surface area contributed by atoms with Gasteiger partial charge in [-0.25, -0.2) is 5.06 Å². The molecule has 16 heavy (non-hydrogen) atoms. The maximum atomic E-state index is 11.8. The Bertz CT molecular complexity index is 397. The van der Waals surface area contributed by atoms with E-state index in [-0.39, 0.29) is 5.91 Å². The molecule has 1 aromatic carbocycles. The second kappa shape index (κ2) is 4.76. The van der Waals surface area contributed by atoms with Gasteiger partial charge >= 0.3 is 0 Å². The number of amides is 1. The summed E-state index contributed by atoms with van der Waals surface area (Å²) in [4.78, 5) is 11.8. The Labute approximate surface area is 98.6 Å². The number of rotatable bonds is 3. The summed E-state index contributed by atoms with van der Waals surface area (Å²) < 4.78 is 0. The highest BCUT2D eigenvalue weighted by Crippen LogP contribution is 2.31. The lowest BCUT2D eigenvalue weighted by atomic mass is 10.1. The monoisotopic (exact) mass is 238 g/mol. The molecule has 2 rings (SSSR count). The Balaban J connectivity index is 2.23.